The summed E-state index contributed by atoms with van der Waals surface area (Å²) >= 11 is 8.38. The summed E-state index contributed by atoms with van der Waals surface area (Å²) in [4.78, 5) is 25.7. The van der Waals surface area contributed by atoms with E-state index >= 15 is 0 Å². The van der Waals surface area contributed by atoms with Crippen molar-refractivity contribution in [3.05, 3.63) is 51.2 Å². The molecule has 1 amide bonds. The van der Waals surface area contributed by atoms with Crippen molar-refractivity contribution in [2.75, 3.05) is 18.2 Å². The molecule has 2 heterocycles. The van der Waals surface area contributed by atoms with Crippen molar-refractivity contribution in [3.8, 4) is 5.75 Å². The molecular weight excluding hydrogens is 462 g/mol. The number of methoxy groups -OCH3 is 1. The van der Waals surface area contributed by atoms with Crippen molar-refractivity contribution in [2.24, 2.45) is 0 Å². The molecule has 1 aromatic carbocycles. The number of esters is 1. The molecule has 4 rings (SSSR count). The van der Waals surface area contributed by atoms with Crippen molar-refractivity contribution in [1.82, 2.24) is 10.2 Å². The minimum atomic E-state index is -0.426. The monoisotopic (exact) mass is 479 g/mol. The van der Waals surface area contributed by atoms with Crippen LogP contribution in [0.1, 0.15) is 33.1 Å². The first-order chi connectivity index (χ1) is 15.0. The Kier molecular flexibility index (Phi) is 6.79. The van der Waals surface area contributed by atoms with Crippen LogP contribution in [0.4, 0.5) is 5.00 Å². The third-order valence-electron chi connectivity index (χ3n) is 4.51. The van der Waals surface area contributed by atoms with Gasteiger partial charge in [-0.15, -0.1) is 21.5 Å². The van der Waals surface area contributed by atoms with Crippen LogP contribution in [0, 0.1) is 0 Å². The highest BCUT2D eigenvalue weighted by atomic mass is 35.5. The van der Waals surface area contributed by atoms with Crippen LogP contribution in [-0.4, -0.2) is 34.9 Å². The molecule has 1 aliphatic rings. The van der Waals surface area contributed by atoms with Gasteiger partial charge in [0.2, 0.25) is 5.91 Å². The first kappa shape index (κ1) is 21.7. The van der Waals surface area contributed by atoms with Gasteiger partial charge in [0.15, 0.2) is 6.61 Å². The van der Waals surface area contributed by atoms with Crippen molar-refractivity contribution in [2.45, 2.75) is 31.1 Å². The molecule has 0 saturated carbocycles. The maximum atomic E-state index is 12.4. The number of halogens is 1. The van der Waals surface area contributed by atoms with Crippen molar-refractivity contribution < 1.29 is 23.5 Å². The number of thiophene rings is 1. The van der Waals surface area contributed by atoms with Gasteiger partial charge in [0.1, 0.15) is 10.8 Å². The number of carbonyl (C=O) groups is 2. The predicted molar refractivity (Wildman–Crippen MR) is 117 cm³/mol. The number of thioether (sulfide) groups is 1. The van der Waals surface area contributed by atoms with Crippen LogP contribution in [0.5, 0.6) is 5.75 Å². The molecule has 0 fully saturated rings. The van der Waals surface area contributed by atoms with Gasteiger partial charge >= 0.3 is 5.97 Å². The van der Waals surface area contributed by atoms with Gasteiger partial charge in [-0.1, -0.05) is 23.4 Å². The minimum Gasteiger partial charge on any atom is -0.484 e. The summed E-state index contributed by atoms with van der Waals surface area (Å²) in [6.07, 6.45) is 2.75. The lowest BCUT2D eigenvalue weighted by atomic mass is 10.1. The summed E-state index contributed by atoms with van der Waals surface area (Å²) in [6, 6.07) is 6.92. The molecule has 1 N–H and O–H groups in total. The summed E-state index contributed by atoms with van der Waals surface area (Å²) < 4.78 is 15.9. The number of rotatable bonds is 8. The zero-order valence-corrected chi connectivity index (χ0v) is 18.9. The number of benzene rings is 1. The molecule has 11 heteroatoms. The van der Waals surface area contributed by atoms with E-state index in [0.717, 1.165) is 41.5 Å². The highest BCUT2D eigenvalue weighted by Gasteiger charge is 2.28. The molecule has 0 aliphatic heterocycles. The second-order valence-electron chi connectivity index (χ2n) is 6.59. The van der Waals surface area contributed by atoms with E-state index in [4.69, 9.17) is 25.5 Å². The molecule has 0 radical (unpaired) electrons. The Morgan fingerprint density at radius 3 is 2.84 bits per heavy atom. The van der Waals surface area contributed by atoms with Gasteiger partial charge < -0.3 is 19.2 Å². The van der Waals surface area contributed by atoms with Crippen LogP contribution < -0.4 is 10.1 Å². The van der Waals surface area contributed by atoms with E-state index < -0.39 is 5.97 Å². The van der Waals surface area contributed by atoms with Crippen molar-refractivity contribution in [3.63, 3.8) is 0 Å². The van der Waals surface area contributed by atoms with E-state index in [0.29, 0.717) is 27.2 Å². The third kappa shape index (κ3) is 5.20. The number of carbonyl (C=O) groups excluding carboxylic acids is 2. The minimum absolute atomic E-state index is 0.0584. The third-order valence-corrected chi connectivity index (χ3v) is 6.79. The van der Waals surface area contributed by atoms with E-state index in [1.165, 1.54) is 18.4 Å². The van der Waals surface area contributed by atoms with Gasteiger partial charge in [-0.2, -0.15) is 0 Å². The van der Waals surface area contributed by atoms with Gasteiger partial charge in [0.05, 0.1) is 18.4 Å². The van der Waals surface area contributed by atoms with Crippen LogP contribution in [0.2, 0.25) is 5.02 Å². The van der Waals surface area contributed by atoms with Crippen LogP contribution in [0.3, 0.4) is 0 Å². The quantitative estimate of drug-likeness (QED) is 0.375. The maximum Gasteiger partial charge on any atom is 0.341 e. The molecule has 0 atom stereocenters. The summed E-state index contributed by atoms with van der Waals surface area (Å²) in [6.45, 7) is 0.102. The normalized spacial score (nSPS) is 12.5. The van der Waals surface area contributed by atoms with Crippen molar-refractivity contribution >= 4 is 51.6 Å². The molecule has 0 unspecified atom stereocenters. The van der Waals surface area contributed by atoms with E-state index in [1.807, 2.05) is 0 Å². The fraction of sp³-hybridized carbons (Fsp3) is 0.300. The standard InChI is InChI=1S/C20H18ClN3O5S2/c1-27-19(26)17-13-3-2-4-14(13)31-18(17)22-15(25)10-30-20-24-23-16(29-20)9-28-12-7-5-11(21)6-8-12/h5-8H,2-4,9-10H2,1H3,(H,22,25). The highest BCUT2D eigenvalue weighted by Crippen LogP contribution is 2.39. The lowest BCUT2D eigenvalue weighted by molar-refractivity contribution is -0.113. The maximum absolute atomic E-state index is 12.4. The fourth-order valence-corrected chi connectivity index (χ4v) is 5.13. The number of aryl methyl sites for hydroxylation is 1. The Morgan fingerprint density at radius 2 is 2.06 bits per heavy atom. The Bertz CT molecular complexity index is 1100. The average molecular weight is 480 g/mol. The van der Waals surface area contributed by atoms with Gasteiger partial charge in [-0.05, 0) is 49.1 Å². The van der Waals surface area contributed by atoms with Crippen molar-refractivity contribution in [1.29, 1.82) is 0 Å². The van der Waals surface area contributed by atoms with Gasteiger partial charge in [0, 0.05) is 9.90 Å². The van der Waals surface area contributed by atoms with Gasteiger partial charge in [0.25, 0.3) is 11.1 Å². The number of hydrogen-bond donors (Lipinski definition) is 1. The number of nitrogens with zero attached hydrogens (tertiary/aromatic N) is 2. The van der Waals surface area contributed by atoms with Crippen LogP contribution in [0.15, 0.2) is 33.9 Å². The summed E-state index contributed by atoms with van der Waals surface area (Å²) in [7, 11) is 1.34. The molecular formula is C20H18ClN3O5S2. The van der Waals surface area contributed by atoms with Crippen LogP contribution in [0.25, 0.3) is 0 Å². The number of anilines is 1. The van der Waals surface area contributed by atoms with E-state index in [-0.39, 0.29) is 23.5 Å². The molecule has 31 heavy (non-hydrogen) atoms. The van der Waals surface area contributed by atoms with E-state index in [1.54, 1.807) is 24.3 Å². The fourth-order valence-electron chi connectivity index (χ4n) is 3.13. The second kappa shape index (κ2) is 9.71. The number of aromatic nitrogens is 2. The predicted octanol–water partition coefficient (Wildman–Crippen LogP) is 4.37. The Hall–Kier alpha value is -2.56. The molecule has 0 spiro atoms. The van der Waals surface area contributed by atoms with Crippen LogP contribution >= 0.6 is 34.7 Å². The Labute approximate surface area is 191 Å². The SMILES string of the molecule is COC(=O)c1c(NC(=O)CSc2nnc(COc3ccc(Cl)cc3)o2)sc2c1CCC2. The van der Waals surface area contributed by atoms with Gasteiger partial charge in [-0.25, -0.2) is 4.79 Å². The number of hydrogen-bond acceptors (Lipinski definition) is 9. The first-order valence-electron chi connectivity index (χ1n) is 9.39. The number of amides is 1. The Balaban J connectivity index is 1.31. The molecule has 0 bridgehead atoms. The summed E-state index contributed by atoms with van der Waals surface area (Å²) in [5.74, 6) is 0.279. The highest BCUT2D eigenvalue weighted by molar-refractivity contribution is 7.99. The average Bonchev–Trinajstić information content (AvgIpc) is 3.47. The number of fused-ring (bicyclic) bond motifs is 1. The zero-order valence-electron chi connectivity index (χ0n) is 16.5. The first-order valence-corrected chi connectivity index (χ1v) is 11.6. The largest absolute Gasteiger partial charge is 0.484 e. The molecule has 1 aliphatic carbocycles. The zero-order chi connectivity index (χ0) is 21.8. The molecule has 0 saturated heterocycles. The molecule has 162 valence electrons. The summed E-state index contributed by atoms with van der Waals surface area (Å²) in [5, 5.41) is 12.1. The smallest absolute Gasteiger partial charge is 0.341 e. The van der Waals surface area contributed by atoms with Gasteiger partial charge in [-0.3, -0.25) is 4.79 Å². The van der Waals surface area contributed by atoms with E-state index in [9.17, 15) is 9.59 Å². The van der Waals surface area contributed by atoms with E-state index in [2.05, 4.69) is 15.5 Å². The molecule has 2 aromatic heterocycles. The lowest BCUT2D eigenvalue weighted by Crippen LogP contribution is -2.16. The lowest BCUT2D eigenvalue weighted by Gasteiger charge is -2.06. The summed E-state index contributed by atoms with van der Waals surface area (Å²) in [5.41, 5.74) is 1.46. The van der Waals surface area contributed by atoms with Crippen LogP contribution in [-0.2, 0) is 29.0 Å². The second-order valence-corrected chi connectivity index (χ2v) is 9.06. The number of ether oxygens (including phenoxy) is 2. The topological polar surface area (TPSA) is 104 Å². The Morgan fingerprint density at radius 1 is 1.26 bits per heavy atom. The molecule has 3 aromatic rings. The molecule has 8 nitrogen and oxygen atoms in total. The number of nitrogens with one attached hydrogen (secondary N) is 1.